The van der Waals surface area contributed by atoms with Crippen LogP contribution in [0.4, 0.5) is 0 Å². The molecule has 7 nitrogen and oxygen atoms in total. The Morgan fingerprint density at radius 2 is 1.93 bits per heavy atom. The van der Waals surface area contributed by atoms with Crippen LogP contribution in [-0.4, -0.2) is 78.6 Å². The minimum Gasteiger partial charge on any atom is -0.378 e. The van der Waals surface area contributed by atoms with Crippen molar-refractivity contribution < 1.29 is 9.53 Å². The van der Waals surface area contributed by atoms with Crippen molar-refractivity contribution in [3.63, 3.8) is 0 Å². The fourth-order valence-electron chi connectivity index (χ4n) is 5.06. The van der Waals surface area contributed by atoms with Crippen molar-refractivity contribution >= 4 is 17.3 Å². The molecule has 1 N–H and O–H groups in total. The van der Waals surface area contributed by atoms with Crippen molar-refractivity contribution in [2.45, 2.75) is 50.2 Å². The molecule has 0 radical (unpaired) electrons. The molecular weight excluding hydrogens is 342 g/mol. The first-order valence-electron chi connectivity index (χ1n) is 10.1. The Bertz CT molecular complexity index is 748. The average molecular weight is 369 g/mol. The number of morpholine rings is 1. The summed E-state index contributed by atoms with van der Waals surface area (Å²) >= 11 is 0. The van der Waals surface area contributed by atoms with E-state index in [-0.39, 0.29) is 11.9 Å². The molecule has 4 aliphatic heterocycles. The molecule has 5 aliphatic rings. The predicted molar refractivity (Wildman–Crippen MR) is 104 cm³/mol. The van der Waals surface area contributed by atoms with Crippen LogP contribution in [0.1, 0.15) is 32.1 Å². The van der Waals surface area contributed by atoms with E-state index >= 15 is 0 Å². The maximum atomic E-state index is 12.9. The lowest BCUT2D eigenvalue weighted by Gasteiger charge is -2.36. The van der Waals surface area contributed by atoms with Crippen LogP contribution < -0.4 is 5.32 Å². The number of nitrogens with zero attached hydrogens (tertiary/aromatic N) is 4. The van der Waals surface area contributed by atoms with E-state index in [2.05, 4.69) is 44.5 Å². The summed E-state index contributed by atoms with van der Waals surface area (Å²) in [5.41, 5.74) is 3.44. The van der Waals surface area contributed by atoms with Gasteiger partial charge in [-0.25, -0.2) is 0 Å². The standard InChI is InChI=1S/C20H27N5O2/c1-24-14-2-3-15(24)11-13(10-14)21-20(26)19-17-12-16(4-5-18(17)22-23-19)25-6-8-27-9-7-25/h4,12-15H,2-3,5-11H2,1H3,(H,21,26). The molecule has 4 heterocycles. The third kappa shape index (κ3) is 3.12. The quantitative estimate of drug-likeness (QED) is 0.808. The van der Waals surface area contributed by atoms with Gasteiger partial charge < -0.3 is 19.9 Å². The van der Waals surface area contributed by atoms with Gasteiger partial charge in [0, 0.05) is 48.9 Å². The van der Waals surface area contributed by atoms with Crippen molar-refractivity contribution in [2.24, 2.45) is 10.2 Å². The van der Waals surface area contributed by atoms with E-state index in [0.29, 0.717) is 17.8 Å². The summed E-state index contributed by atoms with van der Waals surface area (Å²) in [6.07, 6.45) is 9.57. The Morgan fingerprint density at radius 1 is 1.19 bits per heavy atom. The van der Waals surface area contributed by atoms with Crippen molar-refractivity contribution in [1.82, 2.24) is 15.1 Å². The molecule has 0 spiro atoms. The summed E-state index contributed by atoms with van der Waals surface area (Å²) in [4.78, 5) is 17.7. The molecule has 3 saturated heterocycles. The van der Waals surface area contributed by atoms with E-state index in [4.69, 9.17) is 4.74 Å². The lowest BCUT2D eigenvalue weighted by Crippen LogP contribution is -2.50. The molecule has 27 heavy (non-hydrogen) atoms. The second-order valence-corrected chi connectivity index (χ2v) is 8.18. The lowest BCUT2D eigenvalue weighted by molar-refractivity contribution is -0.115. The first-order valence-corrected chi connectivity index (χ1v) is 10.1. The molecule has 0 aromatic carbocycles. The molecule has 1 amide bonds. The molecular formula is C20H27N5O2. The van der Waals surface area contributed by atoms with Crippen molar-refractivity contribution in [2.75, 3.05) is 33.4 Å². The Labute approximate surface area is 159 Å². The van der Waals surface area contributed by atoms with Crippen molar-refractivity contribution in [1.29, 1.82) is 0 Å². The molecule has 0 aromatic rings. The number of hydrogen-bond donors (Lipinski definition) is 1. The molecule has 2 bridgehead atoms. The largest absolute Gasteiger partial charge is 0.378 e. The molecule has 5 rings (SSSR count). The second-order valence-electron chi connectivity index (χ2n) is 8.18. The highest BCUT2D eigenvalue weighted by molar-refractivity contribution is 6.53. The van der Waals surface area contributed by atoms with Crippen LogP contribution in [0.5, 0.6) is 0 Å². The molecule has 2 unspecified atom stereocenters. The van der Waals surface area contributed by atoms with Crippen LogP contribution >= 0.6 is 0 Å². The highest BCUT2D eigenvalue weighted by Gasteiger charge is 2.39. The minimum atomic E-state index is -0.0721. The fraction of sp³-hybridized carbons (Fsp3) is 0.650. The maximum absolute atomic E-state index is 12.9. The van der Waals surface area contributed by atoms with Gasteiger partial charge in [0.2, 0.25) is 0 Å². The summed E-state index contributed by atoms with van der Waals surface area (Å²) in [5, 5.41) is 11.7. The van der Waals surface area contributed by atoms with E-state index < -0.39 is 0 Å². The van der Waals surface area contributed by atoms with Gasteiger partial charge in [-0.1, -0.05) is 6.08 Å². The summed E-state index contributed by atoms with van der Waals surface area (Å²) in [6, 6.07) is 1.46. The number of rotatable bonds is 3. The first kappa shape index (κ1) is 17.1. The number of hydrogen-bond acceptors (Lipinski definition) is 6. The predicted octanol–water partition coefficient (Wildman–Crippen LogP) is 1.08. The SMILES string of the molecule is CN1C2CCC1CC(NC(=O)C1=NN=C3CC=C(N4CCOCC4)C=C31)C2. The van der Waals surface area contributed by atoms with E-state index in [1.807, 2.05) is 0 Å². The molecule has 0 aromatic heterocycles. The topological polar surface area (TPSA) is 69.5 Å². The fourth-order valence-corrected chi connectivity index (χ4v) is 5.06. The highest BCUT2D eigenvalue weighted by Crippen LogP contribution is 2.34. The number of piperidine rings is 1. The van der Waals surface area contributed by atoms with Gasteiger partial charge >= 0.3 is 0 Å². The van der Waals surface area contributed by atoms with Gasteiger partial charge in [-0.05, 0) is 38.8 Å². The van der Waals surface area contributed by atoms with Crippen LogP contribution in [-0.2, 0) is 9.53 Å². The summed E-state index contributed by atoms with van der Waals surface area (Å²) in [6.45, 7) is 3.28. The normalized spacial score (nSPS) is 33.1. The molecule has 2 atom stereocenters. The van der Waals surface area contributed by atoms with E-state index in [0.717, 1.165) is 62.5 Å². The summed E-state index contributed by atoms with van der Waals surface area (Å²) in [5.74, 6) is -0.0721. The van der Waals surface area contributed by atoms with Gasteiger partial charge in [0.25, 0.3) is 5.91 Å². The van der Waals surface area contributed by atoms with Gasteiger partial charge in [-0.2, -0.15) is 5.10 Å². The Hall–Kier alpha value is -1.99. The second kappa shape index (κ2) is 6.87. The highest BCUT2D eigenvalue weighted by atomic mass is 16.5. The van der Waals surface area contributed by atoms with Gasteiger partial charge in [-0.15, -0.1) is 5.10 Å². The number of carbonyl (C=O) groups is 1. The third-order valence-corrected chi connectivity index (χ3v) is 6.66. The third-order valence-electron chi connectivity index (χ3n) is 6.66. The number of ether oxygens (including phenoxy) is 1. The van der Waals surface area contributed by atoms with E-state index in [9.17, 15) is 4.79 Å². The van der Waals surface area contributed by atoms with Gasteiger partial charge in [-0.3, -0.25) is 4.79 Å². The summed E-state index contributed by atoms with van der Waals surface area (Å²) in [7, 11) is 2.22. The van der Waals surface area contributed by atoms with Crippen molar-refractivity contribution in [3.05, 3.63) is 23.4 Å². The van der Waals surface area contributed by atoms with Crippen LogP contribution in [0, 0.1) is 0 Å². The molecule has 7 heteroatoms. The van der Waals surface area contributed by atoms with Gasteiger partial charge in [0.05, 0.1) is 18.9 Å². The zero-order valence-electron chi connectivity index (χ0n) is 15.9. The van der Waals surface area contributed by atoms with Gasteiger partial charge in [0.15, 0.2) is 5.71 Å². The Kier molecular flexibility index (Phi) is 4.36. The molecule has 144 valence electrons. The number of allylic oxidation sites excluding steroid dienone is 2. The number of amides is 1. The summed E-state index contributed by atoms with van der Waals surface area (Å²) < 4.78 is 5.45. The zero-order chi connectivity index (χ0) is 18.4. The monoisotopic (exact) mass is 369 g/mol. The van der Waals surface area contributed by atoms with Crippen LogP contribution in [0.3, 0.4) is 0 Å². The van der Waals surface area contributed by atoms with E-state index in [1.54, 1.807) is 0 Å². The lowest BCUT2D eigenvalue weighted by atomic mass is 9.94. The number of carbonyl (C=O) groups excluding carboxylic acids is 1. The minimum absolute atomic E-state index is 0.0721. The average Bonchev–Trinajstić information content (AvgIpc) is 3.19. The van der Waals surface area contributed by atoms with Crippen LogP contribution in [0.2, 0.25) is 0 Å². The van der Waals surface area contributed by atoms with Crippen molar-refractivity contribution in [3.8, 4) is 0 Å². The maximum Gasteiger partial charge on any atom is 0.272 e. The Morgan fingerprint density at radius 3 is 2.67 bits per heavy atom. The zero-order valence-corrected chi connectivity index (χ0v) is 15.9. The first-order chi connectivity index (χ1) is 13.2. The van der Waals surface area contributed by atoms with E-state index in [1.165, 1.54) is 12.8 Å². The molecule has 1 aliphatic carbocycles. The molecule has 0 saturated carbocycles. The Balaban J connectivity index is 1.27. The van der Waals surface area contributed by atoms with Crippen LogP contribution in [0.25, 0.3) is 0 Å². The molecule has 3 fully saturated rings. The number of nitrogens with one attached hydrogen (secondary N) is 1. The smallest absolute Gasteiger partial charge is 0.272 e. The van der Waals surface area contributed by atoms with Gasteiger partial charge in [0.1, 0.15) is 0 Å². The van der Waals surface area contributed by atoms with Crippen LogP contribution in [0.15, 0.2) is 33.6 Å². The number of fused-ring (bicyclic) bond motifs is 3.